The SMILES string of the molecule is CCCN(C)CCOC(O)C1(C2CCCCC2)CCCCC1.Cl. The van der Waals surface area contributed by atoms with Gasteiger partial charge in [-0.15, -0.1) is 12.4 Å². The van der Waals surface area contributed by atoms with Gasteiger partial charge in [0.25, 0.3) is 0 Å². The maximum absolute atomic E-state index is 10.9. The van der Waals surface area contributed by atoms with Crippen molar-refractivity contribution in [2.75, 3.05) is 26.7 Å². The Morgan fingerprint density at radius 3 is 2.26 bits per heavy atom. The van der Waals surface area contributed by atoms with Gasteiger partial charge in [-0.3, -0.25) is 0 Å². The van der Waals surface area contributed by atoms with Crippen molar-refractivity contribution in [3.05, 3.63) is 0 Å². The standard InChI is InChI=1S/C19H37NO2.ClH/c1-3-14-20(2)15-16-22-18(21)19(12-8-5-9-13-19)17-10-6-4-7-11-17;/h17-18,21H,3-16H2,1-2H3;1H. The van der Waals surface area contributed by atoms with E-state index in [1.807, 2.05) is 0 Å². The fourth-order valence-electron chi connectivity index (χ4n) is 4.72. The molecule has 23 heavy (non-hydrogen) atoms. The number of aliphatic hydroxyl groups is 1. The van der Waals surface area contributed by atoms with Gasteiger partial charge in [0.05, 0.1) is 6.61 Å². The molecule has 2 aliphatic rings. The lowest BCUT2D eigenvalue weighted by Crippen LogP contribution is -2.46. The summed E-state index contributed by atoms with van der Waals surface area (Å²) in [5.41, 5.74) is 0.0575. The largest absolute Gasteiger partial charge is 0.367 e. The van der Waals surface area contributed by atoms with Crippen molar-refractivity contribution in [2.24, 2.45) is 11.3 Å². The first-order chi connectivity index (χ1) is 10.7. The van der Waals surface area contributed by atoms with Crippen LogP contribution in [0.25, 0.3) is 0 Å². The predicted octanol–water partition coefficient (Wildman–Crippen LogP) is 4.62. The molecule has 0 aromatic carbocycles. The first kappa shape index (κ1) is 21.2. The van der Waals surface area contributed by atoms with Crippen LogP contribution in [0.15, 0.2) is 0 Å². The zero-order chi connectivity index (χ0) is 15.8. The Labute approximate surface area is 149 Å². The summed E-state index contributed by atoms with van der Waals surface area (Å²) in [4.78, 5) is 2.29. The molecule has 138 valence electrons. The lowest BCUT2D eigenvalue weighted by Gasteiger charge is -2.48. The van der Waals surface area contributed by atoms with E-state index in [4.69, 9.17) is 4.74 Å². The molecule has 3 nitrogen and oxygen atoms in total. The van der Waals surface area contributed by atoms with E-state index < -0.39 is 6.29 Å². The average Bonchev–Trinajstić information content (AvgIpc) is 2.56. The summed E-state index contributed by atoms with van der Waals surface area (Å²) >= 11 is 0. The van der Waals surface area contributed by atoms with E-state index in [9.17, 15) is 5.11 Å². The third-order valence-electron chi connectivity index (χ3n) is 6.05. The molecule has 1 atom stereocenters. The topological polar surface area (TPSA) is 32.7 Å². The summed E-state index contributed by atoms with van der Waals surface area (Å²) in [5.74, 6) is 0.685. The number of hydrogen-bond acceptors (Lipinski definition) is 3. The normalized spacial score (nSPS) is 23.5. The van der Waals surface area contributed by atoms with E-state index in [2.05, 4.69) is 18.9 Å². The van der Waals surface area contributed by atoms with Gasteiger partial charge < -0.3 is 14.7 Å². The molecule has 0 aromatic heterocycles. The quantitative estimate of drug-likeness (QED) is 0.650. The number of aliphatic hydroxyl groups excluding tert-OH is 1. The minimum atomic E-state index is -0.550. The Morgan fingerprint density at radius 1 is 1.04 bits per heavy atom. The van der Waals surface area contributed by atoms with Crippen LogP contribution in [0.1, 0.15) is 77.6 Å². The molecule has 0 spiro atoms. The van der Waals surface area contributed by atoms with E-state index in [1.165, 1.54) is 70.6 Å². The van der Waals surface area contributed by atoms with E-state index in [0.717, 1.165) is 13.1 Å². The van der Waals surface area contributed by atoms with Crippen LogP contribution in [0.5, 0.6) is 0 Å². The van der Waals surface area contributed by atoms with Crippen molar-refractivity contribution in [2.45, 2.75) is 83.8 Å². The van der Waals surface area contributed by atoms with Gasteiger partial charge in [-0.1, -0.05) is 45.4 Å². The average molecular weight is 348 g/mol. The van der Waals surface area contributed by atoms with Crippen LogP contribution in [-0.4, -0.2) is 43.0 Å². The maximum atomic E-state index is 10.9. The monoisotopic (exact) mass is 347 g/mol. The molecule has 1 N–H and O–H groups in total. The van der Waals surface area contributed by atoms with Crippen LogP contribution in [0, 0.1) is 11.3 Å². The fraction of sp³-hybridized carbons (Fsp3) is 1.00. The van der Waals surface area contributed by atoms with Crippen LogP contribution >= 0.6 is 12.4 Å². The maximum Gasteiger partial charge on any atom is 0.160 e. The molecule has 2 saturated carbocycles. The second-order valence-corrected chi connectivity index (χ2v) is 7.66. The summed E-state index contributed by atoms with van der Waals surface area (Å²) in [6.07, 6.45) is 13.5. The highest BCUT2D eigenvalue weighted by molar-refractivity contribution is 5.85. The van der Waals surface area contributed by atoms with E-state index in [-0.39, 0.29) is 17.8 Å². The molecule has 0 radical (unpaired) electrons. The zero-order valence-electron chi connectivity index (χ0n) is 15.3. The highest BCUT2D eigenvalue weighted by Gasteiger charge is 2.46. The Morgan fingerprint density at radius 2 is 1.65 bits per heavy atom. The molecule has 1 unspecified atom stereocenters. The number of nitrogens with zero attached hydrogens (tertiary/aromatic N) is 1. The van der Waals surface area contributed by atoms with Crippen LogP contribution in [0.3, 0.4) is 0 Å². The molecule has 2 rings (SSSR count). The van der Waals surface area contributed by atoms with Gasteiger partial charge in [-0.2, -0.15) is 0 Å². The summed E-state index contributed by atoms with van der Waals surface area (Å²) in [5, 5.41) is 10.9. The molecule has 0 bridgehead atoms. The molecule has 2 aliphatic carbocycles. The van der Waals surface area contributed by atoms with Crippen LogP contribution in [-0.2, 0) is 4.74 Å². The van der Waals surface area contributed by atoms with E-state index >= 15 is 0 Å². The summed E-state index contributed by atoms with van der Waals surface area (Å²) in [6.45, 7) is 4.89. The van der Waals surface area contributed by atoms with Crippen LogP contribution in [0.2, 0.25) is 0 Å². The molecule has 0 saturated heterocycles. The van der Waals surface area contributed by atoms with Gasteiger partial charge in [-0.05, 0) is 51.6 Å². The van der Waals surface area contributed by atoms with Gasteiger partial charge in [0, 0.05) is 12.0 Å². The molecule has 0 aliphatic heterocycles. The lowest BCUT2D eigenvalue weighted by atomic mass is 9.61. The van der Waals surface area contributed by atoms with Gasteiger partial charge in [0.2, 0.25) is 0 Å². The van der Waals surface area contributed by atoms with Crippen molar-refractivity contribution >= 4 is 12.4 Å². The van der Waals surface area contributed by atoms with Crippen molar-refractivity contribution in [3.63, 3.8) is 0 Å². The fourth-order valence-corrected chi connectivity index (χ4v) is 4.72. The third kappa shape index (κ3) is 5.88. The summed E-state index contributed by atoms with van der Waals surface area (Å²) < 4.78 is 5.97. The van der Waals surface area contributed by atoms with Crippen molar-refractivity contribution in [1.29, 1.82) is 0 Å². The molecule has 0 aromatic rings. The van der Waals surface area contributed by atoms with E-state index in [1.54, 1.807) is 0 Å². The first-order valence-corrected chi connectivity index (χ1v) is 9.67. The number of likely N-dealkylation sites (N-methyl/N-ethyl adjacent to an activating group) is 1. The smallest absolute Gasteiger partial charge is 0.160 e. The molecule has 4 heteroatoms. The Balaban J connectivity index is 0.00000264. The molecule has 0 heterocycles. The Kier molecular flexibility index (Phi) is 10.1. The van der Waals surface area contributed by atoms with Crippen molar-refractivity contribution < 1.29 is 9.84 Å². The van der Waals surface area contributed by atoms with Crippen molar-refractivity contribution in [1.82, 2.24) is 4.90 Å². The molecule has 0 amide bonds. The third-order valence-corrected chi connectivity index (χ3v) is 6.05. The number of rotatable bonds is 8. The Hall–Kier alpha value is 0.170. The van der Waals surface area contributed by atoms with E-state index in [0.29, 0.717) is 12.5 Å². The summed E-state index contributed by atoms with van der Waals surface area (Å²) in [6, 6.07) is 0. The minimum Gasteiger partial charge on any atom is -0.367 e. The highest BCUT2D eigenvalue weighted by Crippen LogP contribution is 2.50. The van der Waals surface area contributed by atoms with Crippen LogP contribution < -0.4 is 0 Å². The highest BCUT2D eigenvalue weighted by atomic mass is 35.5. The zero-order valence-corrected chi connectivity index (χ0v) is 16.1. The number of ether oxygens (including phenoxy) is 1. The first-order valence-electron chi connectivity index (χ1n) is 9.67. The molecular weight excluding hydrogens is 310 g/mol. The second-order valence-electron chi connectivity index (χ2n) is 7.66. The van der Waals surface area contributed by atoms with Gasteiger partial charge in [0.1, 0.15) is 0 Å². The van der Waals surface area contributed by atoms with Gasteiger partial charge >= 0.3 is 0 Å². The predicted molar refractivity (Wildman–Crippen MR) is 99.1 cm³/mol. The summed E-state index contributed by atoms with van der Waals surface area (Å²) in [7, 11) is 2.14. The van der Waals surface area contributed by atoms with Gasteiger partial charge in [0.15, 0.2) is 6.29 Å². The number of hydrogen-bond donors (Lipinski definition) is 1. The number of halogens is 1. The van der Waals surface area contributed by atoms with Gasteiger partial charge in [-0.25, -0.2) is 0 Å². The van der Waals surface area contributed by atoms with Crippen molar-refractivity contribution in [3.8, 4) is 0 Å². The molecular formula is C19H38ClNO2. The second kappa shape index (κ2) is 10.9. The van der Waals surface area contributed by atoms with Crippen LogP contribution in [0.4, 0.5) is 0 Å². The molecule has 2 fully saturated rings. The minimum absolute atomic E-state index is 0. The lowest BCUT2D eigenvalue weighted by molar-refractivity contribution is -0.209. The Bertz CT molecular complexity index is 302.